The molecule has 5 heteroatoms. The van der Waals surface area contributed by atoms with Gasteiger partial charge in [-0.05, 0) is 23.8 Å². The Hall–Kier alpha value is -2.56. The number of ether oxygens (including phenoxy) is 2. The summed E-state index contributed by atoms with van der Waals surface area (Å²) in [5.74, 6) is 1.25. The predicted octanol–water partition coefficient (Wildman–Crippen LogP) is 3.18. The van der Waals surface area contributed by atoms with Crippen molar-refractivity contribution in [3.8, 4) is 11.5 Å². The summed E-state index contributed by atoms with van der Waals surface area (Å²) in [4.78, 5) is 10.2. The van der Waals surface area contributed by atoms with Crippen molar-refractivity contribution in [1.29, 1.82) is 0 Å². The van der Waals surface area contributed by atoms with Crippen molar-refractivity contribution in [2.24, 2.45) is 0 Å². The van der Waals surface area contributed by atoms with E-state index >= 15 is 0 Å². The standard InChI is InChI=1S/C14H13NO4/c1-18-13-7-5-11(6-8-13)10-19-14-4-2-3-12(9-14)15(16)17/h2-9H,10H2,1H3. The highest BCUT2D eigenvalue weighted by Gasteiger charge is 2.06. The van der Waals surface area contributed by atoms with Crippen LogP contribution in [0.15, 0.2) is 48.5 Å². The summed E-state index contributed by atoms with van der Waals surface area (Å²) in [6, 6.07) is 13.6. The smallest absolute Gasteiger partial charge is 0.273 e. The molecule has 2 aromatic rings. The topological polar surface area (TPSA) is 61.6 Å². The van der Waals surface area contributed by atoms with Crippen molar-refractivity contribution >= 4 is 5.69 Å². The normalized spacial score (nSPS) is 9.95. The summed E-state index contributed by atoms with van der Waals surface area (Å²) in [7, 11) is 1.61. The molecular weight excluding hydrogens is 246 g/mol. The molecule has 2 rings (SSSR count). The Balaban J connectivity index is 2.01. The molecule has 19 heavy (non-hydrogen) atoms. The van der Waals surface area contributed by atoms with E-state index in [1.54, 1.807) is 19.2 Å². The lowest BCUT2D eigenvalue weighted by atomic mass is 10.2. The van der Waals surface area contributed by atoms with E-state index in [1.165, 1.54) is 12.1 Å². The van der Waals surface area contributed by atoms with E-state index in [9.17, 15) is 10.1 Å². The van der Waals surface area contributed by atoms with Crippen LogP contribution < -0.4 is 9.47 Å². The maximum Gasteiger partial charge on any atom is 0.273 e. The lowest BCUT2D eigenvalue weighted by molar-refractivity contribution is -0.384. The van der Waals surface area contributed by atoms with E-state index in [4.69, 9.17) is 9.47 Å². The quantitative estimate of drug-likeness (QED) is 0.611. The van der Waals surface area contributed by atoms with Gasteiger partial charge < -0.3 is 9.47 Å². The van der Waals surface area contributed by atoms with Gasteiger partial charge in [0.15, 0.2) is 0 Å². The Labute approximate surface area is 110 Å². The second kappa shape index (κ2) is 5.86. The minimum absolute atomic E-state index is 0.0206. The molecule has 2 aromatic carbocycles. The third-order valence-corrected chi connectivity index (χ3v) is 2.59. The zero-order valence-corrected chi connectivity index (χ0v) is 10.4. The number of nitrogens with zero attached hydrogens (tertiary/aromatic N) is 1. The van der Waals surface area contributed by atoms with Crippen molar-refractivity contribution in [2.45, 2.75) is 6.61 Å². The van der Waals surface area contributed by atoms with Gasteiger partial charge in [-0.15, -0.1) is 0 Å². The molecule has 0 unspecified atom stereocenters. The lowest BCUT2D eigenvalue weighted by Crippen LogP contribution is -1.96. The first-order valence-electron chi connectivity index (χ1n) is 5.69. The SMILES string of the molecule is COc1ccc(COc2cccc([N+](=O)[O-])c2)cc1. The summed E-state index contributed by atoms with van der Waals surface area (Å²) >= 11 is 0. The van der Waals surface area contributed by atoms with Crippen LogP contribution in [0.5, 0.6) is 11.5 Å². The van der Waals surface area contributed by atoms with Crippen LogP contribution in [-0.2, 0) is 6.61 Å². The molecule has 0 amide bonds. The first kappa shape index (κ1) is 12.9. The van der Waals surface area contributed by atoms with E-state index in [1.807, 2.05) is 24.3 Å². The van der Waals surface area contributed by atoms with Crippen LogP contribution >= 0.6 is 0 Å². The number of rotatable bonds is 5. The average Bonchev–Trinajstić information content (AvgIpc) is 2.46. The van der Waals surface area contributed by atoms with Gasteiger partial charge in [-0.25, -0.2) is 0 Å². The number of non-ortho nitro benzene ring substituents is 1. The highest BCUT2D eigenvalue weighted by Crippen LogP contribution is 2.20. The van der Waals surface area contributed by atoms with Gasteiger partial charge in [0.1, 0.15) is 18.1 Å². The highest BCUT2D eigenvalue weighted by atomic mass is 16.6. The van der Waals surface area contributed by atoms with E-state index in [-0.39, 0.29) is 5.69 Å². The molecule has 0 heterocycles. The number of hydrogen-bond donors (Lipinski definition) is 0. The Morgan fingerprint density at radius 1 is 1.11 bits per heavy atom. The van der Waals surface area contributed by atoms with Gasteiger partial charge in [0.2, 0.25) is 0 Å². The summed E-state index contributed by atoms with van der Waals surface area (Å²) in [6.45, 7) is 0.352. The second-order valence-electron chi connectivity index (χ2n) is 3.89. The number of nitro benzene ring substituents is 1. The van der Waals surface area contributed by atoms with Crippen molar-refractivity contribution in [3.63, 3.8) is 0 Å². The zero-order valence-electron chi connectivity index (χ0n) is 10.4. The molecule has 0 aliphatic rings. The third kappa shape index (κ3) is 3.45. The monoisotopic (exact) mass is 259 g/mol. The third-order valence-electron chi connectivity index (χ3n) is 2.59. The van der Waals surface area contributed by atoms with E-state index in [2.05, 4.69) is 0 Å². The molecular formula is C14H13NO4. The van der Waals surface area contributed by atoms with Crippen LogP contribution in [-0.4, -0.2) is 12.0 Å². The fraction of sp³-hybridized carbons (Fsp3) is 0.143. The highest BCUT2D eigenvalue weighted by molar-refractivity contribution is 5.38. The molecule has 5 nitrogen and oxygen atoms in total. The van der Waals surface area contributed by atoms with Gasteiger partial charge in [-0.1, -0.05) is 18.2 Å². The van der Waals surface area contributed by atoms with Crippen LogP contribution in [0.25, 0.3) is 0 Å². The Morgan fingerprint density at radius 2 is 1.84 bits per heavy atom. The Morgan fingerprint density at radius 3 is 2.47 bits per heavy atom. The number of nitro groups is 1. The van der Waals surface area contributed by atoms with Crippen LogP contribution in [0.1, 0.15) is 5.56 Å². The fourth-order valence-corrected chi connectivity index (χ4v) is 1.58. The van der Waals surface area contributed by atoms with E-state index in [0.29, 0.717) is 12.4 Å². The summed E-state index contributed by atoms with van der Waals surface area (Å²) < 4.78 is 10.6. The molecule has 0 bridgehead atoms. The van der Waals surface area contributed by atoms with Gasteiger partial charge in [-0.3, -0.25) is 10.1 Å². The molecule has 0 atom stereocenters. The summed E-state index contributed by atoms with van der Waals surface area (Å²) in [5, 5.41) is 10.6. The molecule has 0 saturated heterocycles. The fourth-order valence-electron chi connectivity index (χ4n) is 1.58. The first-order valence-corrected chi connectivity index (χ1v) is 5.69. The van der Waals surface area contributed by atoms with Crippen LogP contribution in [0.2, 0.25) is 0 Å². The number of hydrogen-bond acceptors (Lipinski definition) is 4. The predicted molar refractivity (Wildman–Crippen MR) is 70.4 cm³/mol. The second-order valence-corrected chi connectivity index (χ2v) is 3.89. The van der Waals surface area contributed by atoms with Gasteiger partial charge in [-0.2, -0.15) is 0 Å². The molecule has 0 N–H and O–H groups in total. The van der Waals surface area contributed by atoms with Crippen molar-refractivity contribution in [2.75, 3.05) is 7.11 Å². The van der Waals surface area contributed by atoms with Gasteiger partial charge >= 0.3 is 0 Å². The minimum atomic E-state index is -0.444. The van der Waals surface area contributed by atoms with E-state index in [0.717, 1.165) is 11.3 Å². The summed E-state index contributed by atoms with van der Waals surface area (Å²) in [6.07, 6.45) is 0. The molecule has 0 radical (unpaired) electrons. The minimum Gasteiger partial charge on any atom is -0.497 e. The Bertz CT molecular complexity index is 566. The molecule has 0 aromatic heterocycles. The molecule has 0 spiro atoms. The molecule has 0 aliphatic carbocycles. The molecule has 98 valence electrons. The maximum atomic E-state index is 10.6. The lowest BCUT2D eigenvalue weighted by Gasteiger charge is -2.06. The van der Waals surface area contributed by atoms with Crippen molar-refractivity contribution in [1.82, 2.24) is 0 Å². The van der Waals surface area contributed by atoms with Gasteiger partial charge in [0, 0.05) is 6.07 Å². The largest absolute Gasteiger partial charge is 0.497 e. The van der Waals surface area contributed by atoms with Gasteiger partial charge in [0.05, 0.1) is 18.1 Å². The Kier molecular flexibility index (Phi) is 3.97. The van der Waals surface area contributed by atoms with Crippen LogP contribution in [0.3, 0.4) is 0 Å². The van der Waals surface area contributed by atoms with Crippen molar-refractivity contribution < 1.29 is 14.4 Å². The average molecular weight is 259 g/mol. The summed E-state index contributed by atoms with van der Waals surface area (Å²) in [5.41, 5.74) is 0.986. The van der Waals surface area contributed by atoms with Crippen LogP contribution in [0.4, 0.5) is 5.69 Å². The zero-order chi connectivity index (χ0) is 13.7. The molecule has 0 aliphatic heterocycles. The van der Waals surface area contributed by atoms with Gasteiger partial charge in [0.25, 0.3) is 5.69 Å². The number of methoxy groups -OCH3 is 1. The molecule has 0 saturated carbocycles. The van der Waals surface area contributed by atoms with E-state index < -0.39 is 4.92 Å². The number of benzene rings is 2. The van der Waals surface area contributed by atoms with Crippen molar-refractivity contribution in [3.05, 3.63) is 64.2 Å². The van der Waals surface area contributed by atoms with Crippen LogP contribution in [0, 0.1) is 10.1 Å². The first-order chi connectivity index (χ1) is 9.19. The molecule has 0 fully saturated rings. The maximum absolute atomic E-state index is 10.6.